The fourth-order valence-electron chi connectivity index (χ4n) is 10.3. The third-order valence-corrected chi connectivity index (χ3v) is 15.1. The van der Waals surface area contributed by atoms with Crippen LogP contribution in [0.4, 0.5) is 15.3 Å². The van der Waals surface area contributed by atoms with Gasteiger partial charge in [0, 0.05) is 80.1 Å². The van der Waals surface area contributed by atoms with E-state index in [1.807, 2.05) is 65.8 Å². The second-order valence-corrected chi connectivity index (χ2v) is 26.3. The van der Waals surface area contributed by atoms with E-state index in [0.717, 1.165) is 11.1 Å². The van der Waals surface area contributed by atoms with Gasteiger partial charge in [0.1, 0.15) is 23.1 Å². The van der Waals surface area contributed by atoms with Gasteiger partial charge in [0.05, 0.1) is 144 Å². The molecule has 0 aliphatic carbocycles. The lowest BCUT2D eigenvalue weighted by Gasteiger charge is -2.33. The third-order valence-electron chi connectivity index (χ3n) is 15.1. The fraction of sp³-hybridized carbons (Fsp3) is 0.629. The highest BCUT2D eigenvalue weighted by atomic mass is 16.6. The number of hydrogen-bond donors (Lipinski definition) is 4. The molecule has 2 heterocycles. The number of nitrogens with one attached hydrogen (secondary N) is 3. The van der Waals surface area contributed by atoms with E-state index in [2.05, 4.69) is 22.9 Å². The zero-order valence-corrected chi connectivity index (χ0v) is 58.0. The Labute approximate surface area is 559 Å². The Kier molecular flexibility index (Phi) is 30.8. The van der Waals surface area contributed by atoms with Gasteiger partial charge in [-0.05, 0) is 126 Å². The lowest BCUT2D eigenvalue weighted by molar-refractivity contribution is -0.111. The lowest BCUT2D eigenvalue weighted by atomic mass is 9.88. The SMILES string of the molecule is CCC(COCC(C)OCC(C)N)(COCC(C)OCC(C)Nc1ccc2c3c(cccc13)C(=O)N(CCOCCOCCNC(=O)OC(C)(C)C)C2=O)COCC(C)OCC(C)Oc1ccc2c3c(cccc13)C(=O)N(CCOCCOCCNC(=O)OC(C)(C)C)C2=O. The molecule has 6 amide bonds. The molecule has 0 saturated carbocycles. The molecule has 7 unspecified atom stereocenters. The molecular weight excluding hydrogens is 1230 g/mol. The number of benzene rings is 4. The van der Waals surface area contributed by atoms with Gasteiger partial charge in [-0.2, -0.15) is 0 Å². The molecule has 5 N–H and O–H groups in total. The first-order valence-corrected chi connectivity index (χ1v) is 33.0. The summed E-state index contributed by atoms with van der Waals surface area (Å²) < 4.78 is 76.8. The maximum Gasteiger partial charge on any atom is 0.407 e. The molecule has 0 bridgehead atoms. The van der Waals surface area contributed by atoms with Crippen molar-refractivity contribution in [1.82, 2.24) is 20.4 Å². The summed E-state index contributed by atoms with van der Waals surface area (Å²) in [7, 11) is 0. The number of nitrogens with zero attached hydrogens (tertiary/aromatic N) is 2. The number of nitrogens with two attached hydrogens (primary N) is 1. The highest BCUT2D eigenvalue weighted by Gasteiger charge is 2.36. The van der Waals surface area contributed by atoms with Crippen molar-refractivity contribution in [1.29, 1.82) is 0 Å². The zero-order chi connectivity index (χ0) is 69.3. The molecule has 0 radical (unpaired) electrons. The standard InChI is InChI=1S/C70H104N6O19/c1-14-70(43-87-39-48(4)90-37-46(2)71,44-88-40-49(5)91-38-47(3)74-58-23-21-56-60-52(58)17-15-19-54(60)62(77)75(64(56)79)27-31-85-35-33-83-29-25-72-66(81)94-68(8,9)10)45-89-41-50(6)92-42-51(7)93-59-24-22-57-61-53(59)18-16-20-55(61)63(78)76(65(57)80)28-32-86-36-34-84-30-26-73-67(82)95-69(11,12)13/h15-24,46-51,74H,14,25-45,71H2,1-13H3,(H,72,81)(H,73,82). The van der Waals surface area contributed by atoms with Crippen LogP contribution in [0.15, 0.2) is 60.7 Å². The number of rotatable bonds is 44. The average molecular weight is 1330 g/mol. The van der Waals surface area contributed by atoms with Crippen LogP contribution in [0.2, 0.25) is 0 Å². The number of hydrogen-bond acceptors (Lipinski definition) is 21. The maximum absolute atomic E-state index is 13.8. The van der Waals surface area contributed by atoms with Crippen LogP contribution in [0.25, 0.3) is 21.5 Å². The van der Waals surface area contributed by atoms with Gasteiger partial charge in [-0.25, -0.2) is 9.59 Å². The Morgan fingerprint density at radius 3 is 1.34 bits per heavy atom. The number of anilines is 1. The zero-order valence-electron chi connectivity index (χ0n) is 58.0. The van der Waals surface area contributed by atoms with Gasteiger partial charge in [0.15, 0.2) is 0 Å². The molecule has 2 aliphatic rings. The number of imide groups is 2. The topological polar surface area (TPSA) is 291 Å². The van der Waals surface area contributed by atoms with Crippen LogP contribution in [-0.4, -0.2) is 232 Å². The van der Waals surface area contributed by atoms with Gasteiger partial charge in [0.25, 0.3) is 23.6 Å². The number of ether oxygens (including phenoxy) is 13. The van der Waals surface area contributed by atoms with Crippen molar-refractivity contribution >= 4 is 63.0 Å². The van der Waals surface area contributed by atoms with Crippen LogP contribution < -0.4 is 26.4 Å². The Balaban J connectivity index is 0.930. The van der Waals surface area contributed by atoms with E-state index in [4.69, 9.17) is 67.3 Å². The predicted molar refractivity (Wildman–Crippen MR) is 359 cm³/mol. The molecule has 2 aliphatic heterocycles. The Morgan fingerprint density at radius 2 is 0.884 bits per heavy atom. The van der Waals surface area contributed by atoms with Crippen molar-refractivity contribution in [2.75, 3.05) is 144 Å². The van der Waals surface area contributed by atoms with E-state index >= 15 is 0 Å². The number of alkyl carbamates (subject to hydrolysis) is 2. The molecule has 4 aromatic rings. The van der Waals surface area contributed by atoms with E-state index in [0.29, 0.717) is 96.8 Å². The number of carbonyl (C=O) groups is 6. The largest absolute Gasteiger partial charge is 0.488 e. The predicted octanol–water partition coefficient (Wildman–Crippen LogP) is 8.58. The van der Waals surface area contributed by atoms with Crippen molar-refractivity contribution in [3.8, 4) is 5.75 Å². The quantitative estimate of drug-likeness (QED) is 0.0238. The van der Waals surface area contributed by atoms with Crippen LogP contribution in [0.3, 0.4) is 0 Å². The fourth-order valence-corrected chi connectivity index (χ4v) is 10.3. The van der Waals surface area contributed by atoms with E-state index in [-0.39, 0.29) is 123 Å². The van der Waals surface area contributed by atoms with Gasteiger partial charge in [0.2, 0.25) is 0 Å². The summed E-state index contributed by atoms with van der Waals surface area (Å²) in [4.78, 5) is 81.1. The first kappa shape index (κ1) is 77.4. The molecule has 4 aromatic carbocycles. The minimum absolute atomic E-state index is 0.0558. The van der Waals surface area contributed by atoms with Crippen molar-refractivity contribution < 1.29 is 90.3 Å². The van der Waals surface area contributed by atoms with Crippen molar-refractivity contribution in [3.05, 3.63) is 82.9 Å². The first-order chi connectivity index (χ1) is 45.2. The molecule has 95 heavy (non-hydrogen) atoms. The monoisotopic (exact) mass is 1330 g/mol. The molecule has 0 aromatic heterocycles. The molecule has 25 nitrogen and oxygen atoms in total. The molecule has 528 valence electrons. The van der Waals surface area contributed by atoms with Crippen LogP contribution in [0.5, 0.6) is 5.75 Å². The first-order valence-electron chi connectivity index (χ1n) is 33.0. The Morgan fingerprint density at radius 1 is 0.474 bits per heavy atom. The Bertz CT molecular complexity index is 2900. The van der Waals surface area contributed by atoms with Crippen molar-refractivity contribution in [2.24, 2.45) is 11.1 Å². The molecule has 0 saturated heterocycles. The highest BCUT2D eigenvalue weighted by Crippen LogP contribution is 2.37. The van der Waals surface area contributed by atoms with Crippen LogP contribution in [0.1, 0.15) is 138 Å². The molecule has 7 atom stereocenters. The number of amides is 6. The lowest BCUT2D eigenvalue weighted by Crippen LogP contribution is -2.42. The summed E-state index contributed by atoms with van der Waals surface area (Å²) in [6.07, 6.45) is -1.54. The minimum Gasteiger partial charge on any atom is -0.488 e. The van der Waals surface area contributed by atoms with E-state index in [1.54, 1.807) is 77.9 Å². The maximum atomic E-state index is 13.8. The number of carbonyl (C=O) groups excluding carboxylic acids is 6. The second-order valence-electron chi connectivity index (χ2n) is 26.3. The summed E-state index contributed by atoms with van der Waals surface area (Å²) in [5.41, 5.74) is 6.64. The third kappa shape index (κ3) is 24.8. The average Bonchev–Trinajstić information content (AvgIpc) is 0.751. The summed E-state index contributed by atoms with van der Waals surface area (Å²) in [6, 6.07) is 17.5. The summed E-state index contributed by atoms with van der Waals surface area (Å²) in [5, 5.41) is 11.3. The normalized spacial score (nSPS) is 15.9. The Hall–Kier alpha value is -6.62. The van der Waals surface area contributed by atoms with Crippen molar-refractivity contribution in [2.45, 2.75) is 144 Å². The second kappa shape index (κ2) is 37.8. The van der Waals surface area contributed by atoms with E-state index < -0.39 is 58.5 Å². The van der Waals surface area contributed by atoms with Gasteiger partial charge in [-0.15, -0.1) is 0 Å². The van der Waals surface area contributed by atoms with E-state index in [1.165, 1.54) is 9.80 Å². The van der Waals surface area contributed by atoms with Crippen LogP contribution in [0, 0.1) is 5.41 Å². The molecular formula is C70H104N6O19. The molecule has 0 fully saturated rings. The molecule has 6 rings (SSSR count). The molecule has 0 spiro atoms. The summed E-state index contributed by atoms with van der Waals surface area (Å²) in [5.74, 6) is -1.11. The smallest absolute Gasteiger partial charge is 0.407 e. The van der Waals surface area contributed by atoms with E-state index in [9.17, 15) is 28.8 Å². The molecule has 25 heteroatoms. The van der Waals surface area contributed by atoms with Crippen LogP contribution in [-0.2, 0) is 56.8 Å². The van der Waals surface area contributed by atoms with Gasteiger partial charge < -0.3 is 83.3 Å². The van der Waals surface area contributed by atoms with Gasteiger partial charge >= 0.3 is 12.2 Å². The van der Waals surface area contributed by atoms with Gasteiger partial charge in [-0.1, -0.05) is 31.2 Å². The summed E-state index contributed by atoms with van der Waals surface area (Å²) >= 11 is 0. The highest BCUT2D eigenvalue weighted by molar-refractivity contribution is 6.27. The summed E-state index contributed by atoms with van der Waals surface area (Å²) in [6.45, 7) is 29.8. The van der Waals surface area contributed by atoms with Crippen LogP contribution >= 0.6 is 0 Å². The minimum atomic E-state index is -0.593. The van der Waals surface area contributed by atoms with Gasteiger partial charge in [-0.3, -0.25) is 29.0 Å². The van der Waals surface area contributed by atoms with Crippen molar-refractivity contribution in [3.63, 3.8) is 0 Å².